The molecule has 2 aromatic heterocycles. The number of imidazole rings is 1. The van der Waals surface area contributed by atoms with E-state index in [4.69, 9.17) is 41.0 Å². The first-order valence-corrected chi connectivity index (χ1v) is 21.1. The number of nitrogens with one attached hydrogen (secondary N) is 1. The van der Waals surface area contributed by atoms with E-state index in [1.54, 1.807) is 56.2 Å². The highest BCUT2D eigenvalue weighted by molar-refractivity contribution is 6.30. The largest absolute Gasteiger partial charge is 0.459 e. The lowest BCUT2D eigenvalue weighted by atomic mass is 10.0. The molecule has 1 saturated heterocycles. The number of hydrogen-bond acceptors (Lipinski definition) is 14. The van der Waals surface area contributed by atoms with Crippen molar-refractivity contribution >= 4 is 46.7 Å². The highest BCUT2D eigenvalue weighted by Crippen LogP contribution is 2.43. The summed E-state index contributed by atoms with van der Waals surface area (Å²) in [5, 5.41) is 14.4. The minimum atomic E-state index is -1.46. The van der Waals surface area contributed by atoms with Gasteiger partial charge in [0, 0.05) is 37.7 Å². The zero-order valence-corrected chi connectivity index (χ0v) is 37.7. The number of aliphatic hydroxyl groups is 1. The summed E-state index contributed by atoms with van der Waals surface area (Å²) in [4.78, 5) is 57.1. The molecule has 1 fully saturated rings. The normalized spacial score (nSPS) is 18.1. The van der Waals surface area contributed by atoms with Gasteiger partial charge in [0.2, 0.25) is 0 Å². The van der Waals surface area contributed by atoms with Gasteiger partial charge < -0.3 is 49.6 Å². The molecular formula is C44H61ClN8O9. The number of nitrogen functional groups attached to an aromatic ring is 1. The molecule has 2 amide bonds. The number of alkyl carbamates (subject to hydrolysis) is 1. The van der Waals surface area contributed by atoms with E-state index in [2.05, 4.69) is 25.2 Å². The molecule has 3 atom stereocenters. The van der Waals surface area contributed by atoms with Crippen LogP contribution in [0.3, 0.4) is 0 Å². The Morgan fingerprint density at radius 3 is 2.27 bits per heavy atom. The fourth-order valence-electron chi connectivity index (χ4n) is 7.05. The molecular weight excluding hydrogens is 820 g/mol. The van der Waals surface area contributed by atoms with Gasteiger partial charge in [-0.25, -0.2) is 29.3 Å². The molecule has 5 rings (SSSR count). The number of anilines is 1. The third-order valence-corrected chi connectivity index (χ3v) is 10.2. The maximum atomic E-state index is 13.7. The van der Waals surface area contributed by atoms with Gasteiger partial charge in [-0.15, -0.1) is 0 Å². The maximum absolute atomic E-state index is 13.7. The highest BCUT2D eigenvalue weighted by Gasteiger charge is 2.55. The zero-order valence-electron chi connectivity index (χ0n) is 36.9. The summed E-state index contributed by atoms with van der Waals surface area (Å²) in [6.07, 6.45) is 1.75. The van der Waals surface area contributed by atoms with Crippen LogP contribution in [-0.4, -0.2) is 121 Å². The van der Waals surface area contributed by atoms with Crippen molar-refractivity contribution in [1.82, 2.24) is 34.6 Å². The molecule has 62 heavy (non-hydrogen) atoms. The molecule has 0 spiro atoms. The van der Waals surface area contributed by atoms with Crippen molar-refractivity contribution in [2.45, 2.75) is 116 Å². The van der Waals surface area contributed by atoms with Gasteiger partial charge in [-0.05, 0) is 97.9 Å². The molecule has 1 aliphatic rings. The molecule has 338 valence electrons. The molecule has 4 N–H and O–H groups in total. The summed E-state index contributed by atoms with van der Waals surface area (Å²) >= 11 is 6.14. The van der Waals surface area contributed by atoms with Gasteiger partial charge in [0.15, 0.2) is 23.0 Å². The summed E-state index contributed by atoms with van der Waals surface area (Å²) in [7, 11) is 0. The van der Waals surface area contributed by atoms with Crippen molar-refractivity contribution in [2.24, 2.45) is 0 Å². The standard InChI is InChI=1S/C44H61ClN8O9/c1-41(2,3)60-39(56)50-33(38(55)58-26-31-12-10-9-11-13-31)19-21-51(24-25-52(40(57)61-42(4,5)6)23-18-30-14-16-32(45)17-15-30)22-20-34-44(27-54,62-43(7,8)59-34)53-29-49-35-36(46)47-28-48-37(35)53/h9-17,28-29,33-34,54H,18-27H2,1-8H3,(H,50,56)(H2,46,47,48). The van der Waals surface area contributed by atoms with Crippen LogP contribution in [0.25, 0.3) is 11.2 Å². The van der Waals surface area contributed by atoms with E-state index in [1.165, 1.54) is 12.7 Å². The maximum Gasteiger partial charge on any atom is 0.410 e. The van der Waals surface area contributed by atoms with Crippen molar-refractivity contribution < 1.29 is 43.2 Å². The number of ether oxygens (including phenoxy) is 5. The molecule has 3 unspecified atom stereocenters. The number of aliphatic hydroxyl groups excluding tert-OH is 1. The van der Waals surface area contributed by atoms with Gasteiger partial charge >= 0.3 is 18.2 Å². The number of benzene rings is 2. The quantitative estimate of drug-likeness (QED) is 0.0768. The number of nitrogens with zero attached hydrogens (tertiary/aromatic N) is 6. The minimum absolute atomic E-state index is 0.00586. The fourth-order valence-corrected chi connectivity index (χ4v) is 7.18. The molecule has 1 aliphatic heterocycles. The van der Waals surface area contributed by atoms with Crippen LogP contribution in [0.2, 0.25) is 5.02 Å². The molecule has 18 heteroatoms. The first kappa shape index (κ1) is 48.0. The van der Waals surface area contributed by atoms with E-state index >= 15 is 0 Å². The second-order valence-electron chi connectivity index (χ2n) is 17.7. The van der Waals surface area contributed by atoms with Crippen molar-refractivity contribution in [2.75, 3.05) is 45.1 Å². The fraction of sp³-hybridized carbons (Fsp3) is 0.545. The van der Waals surface area contributed by atoms with E-state index in [0.29, 0.717) is 48.7 Å². The Kier molecular flexibility index (Phi) is 15.8. The van der Waals surface area contributed by atoms with Crippen LogP contribution in [0.15, 0.2) is 67.3 Å². The van der Waals surface area contributed by atoms with Crippen molar-refractivity contribution in [3.05, 3.63) is 83.4 Å². The van der Waals surface area contributed by atoms with Gasteiger partial charge in [0.1, 0.15) is 41.8 Å². The Labute approximate surface area is 368 Å². The number of rotatable bonds is 18. The van der Waals surface area contributed by atoms with Crippen LogP contribution >= 0.6 is 11.6 Å². The van der Waals surface area contributed by atoms with Gasteiger partial charge in [0.05, 0.1) is 12.9 Å². The lowest BCUT2D eigenvalue weighted by molar-refractivity contribution is -0.193. The number of amides is 2. The van der Waals surface area contributed by atoms with E-state index in [-0.39, 0.29) is 31.9 Å². The first-order chi connectivity index (χ1) is 29.2. The predicted molar refractivity (Wildman–Crippen MR) is 233 cm³/mol. The van der Waals surface area contributed by atoms with Crippen LogP contribution < -0.4 is 11.1 Å². The Bertz CT molecular complexity index is 2110. The Hall–Kier alpha value is -5.07. The topological polar surface area (TPSA) is 206 Å². The molecule has 0 saturated carbocycles. The van der Waals surface area contributed by atoms with Crippen molar-refractivity contribution in [1.29, 1.82) is 0 Å². The molecule has 0 aliphatic carbocycles. The number of carbonyl (C=O) groups is 3. The summed E-state index contributed by atoms with van der Waals surface area (Å²) in [6, 6.07) is 15.6. The Morgan fingerprint density at radius 1 is 0.919 bits per heavy atom. The molecule has 4 aromatic rings. The predicted octanol–water partition coefficient (Wildman–Crippen LogP) is 6.06. The second kappa shape index (κ2) is 20.4. The van der Waals surface area contributed by atoms with Gasteiger partial charge in [-0.1, -0.05) is 54.1 Å². The first-order valence-electron chi connectivity index (χ1n) is 20.7. The van der Waals surface area contributed by atoms with Crippen LogP contribution in [0.4, 0.5) is 15.4 Å². The van der Waals surface area contributed by atoms with E-state index in [9.17, 15) is 19.5 Å². The third-order valence-electron chi connectivity index (χ3n) is 9.91. The lowest BCUT2D eigenvalue weighted by Gasteiger charge is -2.34. The van der Waals surface area contributed by atoms with Gasteiger partial charge in [0.25, 0.3) is 0 Å². The van der Waals surface area contributed by atoms with E-state index < -0.39 is 59.6 Å². The summed E-state index contributed by atoms with van der Waals surface area (Å²) in [5.74, 6) is -1.60. The SMILES string of the molecule is CC(C)(C)OC(=O)NC(CCN(CCC1OC(C)(C)OC1(CO)n1cnc2c(N)ncnc21)CCN(CCc1ccc(Cl)cc1)C(=O)OC(C)(C)C)C(=O)OCc1ccccc1. The number of esters is 1. The Balaban J connectivity index is 1.42. The van der Waals surface area contributed by atoms with Crippen molar-refractivity contribution in [3.63, 3.8) is 0 Å². The van der Waals surface area contributed by atoms with Crippen molar-refractivity contribution in [3.8, 4) is 0 Å². The summed E-state index contributed by atoms with van der Waals surface area (Å²) in [6.45, 7) is 15.1. The third kappa shape index (κ3) is 13.5. The zero-order chi connectivity index (χ0) is 45.3. The average Bonchev–Trinajstić information content (AvgIpc) is 3.75. The summed E-state index contributed by atoms with van der Waals surface area (Å²) < 4.78 is 31.7. The number of nitrogens with two attached hydrogens (primary N) is 1. The van der Waals surface area contributed by atoms with Gasteiger partial charge in [-0.3, -0.25) is 4.57 Å². The molecule has 3 heterocycles. The van der Waals surface area contributed by atoms with Crippen LogP contribution in [0.5, 0.6) is 0 Å². The average molecular weight is 881 g/mol. The van der Waals surface area contributed by atoms with Crippen LogP contribution in [-0.2, 0) is 47.2 Å². The van der Waals surface area contributed by atoms with Crippen LogP contribution in [0, 0.1) is 0 Å². The minimum Gasteiger partial charge on any atom is -0.459 e. The van der Waals surface area contributed by atoms with Crippen LogP contribution in [0.1, 0.15) is 79.4 Å². The lowest BCUT2D eigenvalue weighted by Crippen LogP contribution is -2.49. The molecule has 2 aromatic carbocycles. The van der Waals surface area contributed by atoms with E-state index in [1.807, 2.05) is 63.2 Å². The molecule has 0 bridgehead atoms. The molecule has 0 radical (unpaired) electrons. The smallest absolute Gasteiger partial charge is 0.410 e. The Morgan fingerprint density at radius 2 is 1.61 bits per heavy atom. The van der Waals surface area contributed by atoms with E-state index in [0.717, 1.165) is 11.1 Å². The second-order valence-corrected chi connectivity index (χ2v) is 18.1. The number of fused-ring (bicyclic) bond motifs is 1. The number of hydrogen-bond donors (Lipinski definition) is 3. The molecule has 17 nitrogen and oxygen atoms in total. The monoisotopic (exact) mass is 880 g/mol. The number of carbonyl (C=O) groups excluding carboxylic acids is 3. The highest BCUT2D eigenvalue weighted by atomic mass is 35.5. The number of aromatic nitrogens is 4. The number of halogens is 1. The van der Waals surface area contributed by atoms with Gasteiger partial charge in [-0.2, -0.15) is 0 Å². The summed E-state index contributed by atoms with van der Waals surface area (Å²) in [5.41, 5.74) is 5.57.